The van der Waals surface area contributed by atoms with Gasteiger partial charge in [-0.1, -0.05) is 18.2 Å². The maximum absolute atomic E-state index is 12.3. The molecule has 0 fully saturated rings. The molecule has 0 aliphatic carbocycles. The number of hydrogen-bond donors (Lipinski definition) is 1. The third kappa shape index (κ3) is 2.30. The van der Waals surface area contributed by atoms with Crippen LogP contribution in [0.5, 0.6) is 0 Å². The average Bonchev–Trinajstić information content (AvgIpc) is 3.08. The smallest absolute Gasteiger partial charge is 0.268 e. The van der Waals surface area contributed by atoms with Gasteiger partial charge in [0.2, 0.25) is 0 Å². The fourth-order valence-electron chi connectivity index (χ4n) is 2.18. The van der Waals surface area contributed by atoms with Gasteiger partial charge in [-0.15, -0.1) is 0 Å². The first-order chi connectivity index (χ1) is 9.58. The molecule has 1 N–H and O–H groups in total. The number of carbonyl (C=O) groups excluding carboxylic acids is 1. The van der Waals surface area contributed by atoms with Crippen LogP contribution >= 0.6 is 11.3 Å². The Bertz CT molecular complexity index is 739. The first kappa shape index (κ1) is 13.1. The Labute approximate surface area is 121 Å². The number of benzene rings is 1. The third-order valence-electron chi connectivity index (χ3n) is 3.14. The van der Waals surface area contributed by atoms with Gasteiger partial charge in [0, 0.05) is 11.9 Å². The normalized spacial score (nSPS) is 14.1. The molecule has 20 heavy (non-hydrogen) atoms. The highest BCUT2D eigenvalue weighted by Crippen LogP contribution is 2.29. The van der Waals surface area contributed by atoms with Gasteiger partial charge in [-0.2, -0.15) is 19.8 Å². The summed E-state index contributed by atoms with van der Waals surface area (Å²) in [5.41, 5.74) is 1.96. The highest BCUT2D eigenvalue weighted by molar-refractivity contribution is 7.91. The molecule has 1 aromatic heterocycles. The van der Waals surface area contributed by atoms with Crippen molar-refractivity contribution in [2.75, 3.05) is 10.8 Å². The molecule has 0 radical (unpaired) electrons. The summed E-state index contributed by atoms with van der Waals surface area (Å²) in [5.74, 6) is -0.601. The Morgan fingerprint density at radius 1 is 1.25 bits per heavy atom. The summed E-state index contributed by atoms with van der Waals surface area (Å²) in [5, 5.41) is 3.34. The van der Waals surface area contributed by atoms with Crippen LogP contribution in [-0.2, 0) is 16.6 Å². The monoisotopic (exact) mass is 308 g/mol. The second kappa shape index (κ2) is 4.92. The lowest BCUT2D eigenvalue weighted by Crippen LogP contribution is -2.42. The summed E-state index contributed by atoms with van der Waals surface area (Å²) in [6.07, 6.45) is 0.656. The summed E-state index contributed by atoms with van der Waals surface area (Å²) < 4.78 is 27.9. The highest BCUT2D eigenvalue weighted by Gasteiger charge is 2.30. The van der Waals surface area contributed by atoms with Gasteiger partial charge in [-0.25, -0.2) is 4.72 Å². The van der Waals surface area contributed by atoms with Gasteiger partial charge >= 0.3 is 10.2 Å². The fourth-order valence-corrected chi connectivity index (χ4v) is 4.05. The maximum Gasteiger partial charge on any atom is 0.326 e. The van der Waals surface area contributed by atoms with Crippen LogP contribution in [0.4, 0.5) is 5.69 Å². The van der Waals surface area contributed by atoms with E-state index in [-0.39, 0.29) is 0 Å². The second-order valence-corrected chi connectivity index (χ2v) is 6.77. The Hall–Kier alpha value is -1.86. The van der Waals surface area contributed by atoms with Crippen LogP contribution in [-0.4, -0.2) is 20.9 Å². The summed E-state index contributed by atoms with van der Waals surface area (Å²) in [6, 6.07) is 8.89. The molecule has 2 heterocycles. The quantitative estimate of drug-likeness (QED) is 0.940. The van der Waals surface area contributed by atoms with E-state index in [1.54, 1.807) is 29.0 Å². The largest absolute Gasteiger partial charge is 0.326 e. The number of carbonyl (C=O) groups is 1. The predicted molar refractivity (Wildman–Crippen MR) is 78.2 cm³/mol. The number of fused-ring (bicyclic) bond motifs is 1. The van der Waals surface area contributed by atoms with Gasteiger partial charge in [0.05, 0.1) is 11.3 Å². The number of nitrogens with one attached hydrogen (secondary N) is 1. The SMILES string of the molecule is O=C(NS(=O)(=O)N1CCc2ccccc21)c1ccsc1. The van der Waals surface area contributed by atoms with Crippen LogP contribution < -0.4 is 9.03 Å². The molecule has 0 saturated carbocycles. The van der Waals surface area contributed by atoms with Crippen LogP contribution in [0.15, 0.2) is 41.1 Å². The molecule has 3 rings (SSSR count). The summed E-state index contributed by atoms with van der Waals surface area (Å²) in [4.78, 5) is 11.9. The molecule has 0 unspecified atom stereocenters. The first-order valence-corrected chi connectivity index (χ1v) is 8.41. The molecule has 1 aromatic carbocycles. The highest BCUT2D eigenvalue weighted by atomic mass is 32.2. The summed E-state index contributed by atoms with van der Waals surface area (Å²) in [7, 11) is -3.86. The molecule has 0 spiro atoms. The van der Waals surface area contributed by atoms with E-state index in [0.717, 1.165) is 5.56 Å². The van der Waals surface area contributed by atoms with Crippen molar-refractivity contribution in [3.63, 3.8) is 0 Å². The van der Waals surface area contributed by atoms with Crippen LogP contribution in [0.2, 0.25) is 0 Å². The number of amides is 1. The maximum atomic E-state index is 12.3. The van der Waals surface area contributed by atoms with Crippen molar-refractivity contribution in [2.45, 2.75) is 6.42 Å². The second-order valence-electron chi connectivity index (χ2n) is 4.40. The van der Waals surface area contributed by atoms with Crippen LogP contribution in [0.3, 0.4) is 0 Å². The minimum atomic E-state index is -3.86. The summed E-state index contributed by atoms with van der Waals surface area (Å²) in [6.45, 7) is 0.353. The van der Waals surface area contributed by atoms with E-state index in [0.29, 0.717) is 24.2 Å². The van der Waals surface area contributed by atoms with Crippen molar-refractivity contribution in [3.8, 4) is 0 Å². The topological polar surface area (TPSA) is 66.5 Å². The van der Waals surface area contributed by atoms with E-state index < -0.39 is 16.1 Å². The lowest BCUT2D eigenvalue weighted by Gasteiger charge is -2.19. The van der Waals surface area contributed by atoms with Gasteiger partial charge < -0.3 is 0 Å². The van der Waals surface area contributed by atoms with Crippen LogP contribution in [0.1, 0.15) is 15.9 Å². The molecular weight excluding hydrogens is 296 g/mol. The Morgan fingerprint density at radius 2 is 2.05 bits per heavy atom. The van der Waals surface area contributed by atoms with E-state index in [1.807, 2.05) is 12.1 Å². The van der Waals surface area contributed by atoms with Crippen molar-refractivity contribution in [1.29, 1.82) is 0 Å². The molecule has 0 atom stereocenters. The number of hydrogen-bond acceptors (Lipinski definition) is 4. The van der Waals surface area contributed by atoms with Gasteiger partial charge in [-0.05, 0) is 29.5 Å². The number of para-hydroxylation sites is 1. The van der Waals surface area contributed by atoms with Crippen molar-refractivity contribution < 1.29 is 13.2 Å². The minimum Gasteiger partial charge on any atom is -0.268 e. The zero-order valence-corrected chi connectivity index (χ0v) is 12.1. The zero-order chi connectivity index (χ0) is 14.2. The molecule has 1 aliphatic heterocycles. The Balaban J connectivity index is 1.85. The van der Waals surface area contributed by atoms with Crippen LogP contribution in [0, 0.1) is 0 Å². The fraction of sp³-hybridized carbons (Fsp3) is 0.154. The molecule has 2 aromatic rings. The van der Waals surface area contributed by atoms with E-state index in [1.165, 1.54) is 15.6 Å². The van der Waals surface area contributed by atoms with Gasteiger partial charge in [0.1, 0.15) is 0 Å². The van der Waals surface area contributed by atoms with Crippen molar-refractivity contribution in [3.05, 3.63) is 52.2 Å². The molecule has 0 saturated heterocycles. The van der Waals surface area contributed by atoms with E-state index in [2.05, 4.69) is 4.72 Å². The Morgan fingerprint density at radius 3 is 2.80 bits per heavy atom. The van der Waals surface area contributed by atoms with Gasteiger partial charge in [-0.3, -0.25) is 9.10 Å². The lowest BCUT2D eigenvalue weighted by atomic mass is 10.2. The molecule has 104 valence electrons. The Kier molecular flexibility index (Phi) is 3.23. The minimum absolute atomic E-state index is 0.353. The van der Waals surface area contributed by atoms with Crippen molar-refractivity contribution in [2.24, 2.45) is 0 Å². The standard InChI is InChI=1S/C13H12N2O3S2/c16-13(11-6-8-19-9-11)14-20(17,18)15-7-5-10-3-1-2-4-12(10)15/h1-4,6,8-9H,5,7H2,(H,14,16). The first-order valence-electron chi connectivity index (χ1n) is 6.03. The molecule has 5 nitrogen and oxygen atoms in total. The van der Waals surface area contributed by atoms with Gasteiger partial charge in [0.15, 0.2) is 0 Å². The predicted octanol–water partition coefficient (Wildman–Crippen LogP) is 1.79. The van der Waals surface area contributed by atoms with Crippen molar-refractivity contribution in [1.82, 2.24) is 4.72 Å². The number of anilines is 1. The van der Waals surface area contributed by atoms with Crippen molar-refractivity contribution >= 4 is 33.1 Å². The van der Waals surface area contributed by atoms with E-state index >= 15 is 0 Å². The molecule has 0 bridgehead atoms. The molecule has 1 aliphatic rings. The number of thiophene rings is 1. The third-order valence-corrected chi connectivity index (χ3v) is 5.23. The molecular formula is C13H12N2O3S2. The molecule has 1 amide bonds. The van der Waals surface area contributed by atoms with E-state index in [4.69, 9.17) is 0 Å². The number of nitrogens with zero attached hydrogens (tertiary/aromatic N) is 1. The zero-order valence-electron chi connectivity index (χ0n) is 10.4. The van der Waals surface area contributed by atoms with Gasteiger partial charge in [0.25, 0.3) is 5.91 Å². The van der Waals surface area contributed by atoms with E-state index in [9.17, 15) is 13.2 Å². The lowest BCUT2D eigenvalue weighted by molar-refractivity contribution is 0.0982. The molecule has 7 heteroatoms. The van der Waals surface area contributed by atoms with Crippen LogP contribution in [0.25, 0.3) is 0 Å². The number of rotatable bonds is 3. The average molecular weight is 308 g/mol. The summed E-state index contributed by atoms with van der Waals surface area (Å²) >= 11 is 1.35.